The topological polar surface area (TPSA) is 34.1 Å². The third-order valence-corrected chi connectivity index (χ3v) is 2.90. The first-order valence-electron chi connectivity index (χ1n) is 6.90. The van der Waals surface area contributed by atoms with Gasteiger partial charge in [0.2, 0.25) is 5.88 Å². The Labute approximate surface area is 123 Å². The molecule has 0 saturated carbocycles. The molecule has 0 spiro atoms. The minimum Gasteiger partial charge on any atom is -0.471 e. The molecule has 0 aliphatic carbocycles. The summed E-state index contributed by atoms with van der Waals surface area (Å²) in [4.78, 5) is 4.36. The van der Waals surface area contributed by atoms with Crippen LogP contribution in [0.1, 0.15) is 26.5 Å². The van der Waals surface area contributed by atoms with E-state index in [9.17, 15) is 8.78 Å². The van der Waals surface area contributed by atoms with Crippen molar-refractivity contribution in [1.29, 1.82) is 0 Å². The molecule has 21 heavy (non-hydrogen) atoms. The summed E-state index contributed by atoms with van der Waals surface area (Å²) in [6, 6.07) is 9.44. The summed E-state index contributed by atoms with van der Waals surface area (Å²) < 4.78 is 29.9. The molecule has 1 aromatic heterocycles. The molecule has 0 radical (unpaired) electrons. The average Bonchev–Trinajstić information content (AvgIpc) is 2.41. The van der Waals surface area contributed by atoms with Crippen LogP contribution >= 0.6 is 0 Å². The molecular weight excluding hydrogens is 274 g/mol. The first kappa shape index (κ1) is 15.6. The van der Waals surface area contributed by atoms with Gasteiger partial charge < -0.3 is 10.1 Å². The smallest absolute Gasteiger partial charge is 0.272 e. The van der Waals surface area contributed by atoms with E-state index >= 15 is 0 Å². The van der Waals surface area contributed by atoms with E-state index in [2.05, 4.69) is 31.1 Å². The van der Waals surface area contributed by atoms with Gasteiger partial charge in [0, 0.05) is 17.5 Å². The minimum absolute atomic E-state index is 0.0443. The Morgan fingerprint density at radius 3 is 2.62 bits per heavy atom. The molecule has 0 amide bonds. The standard InChI is InChI=1S/C16H20F2N2O/c1-16(2,3)19-9-12-8-11-6-4-5-7-13(11)15(20-12)21-10-14(17)18/h4-8,14,19H,9-10H2,1-3H3. The summed E-state index contributed by atoms with van der Waals surface area (Å²) in [6.07, 6.45) is -2.51. The molecule has 1 heterocycles. The van der Waals surface area contributed by atoms with E-state index < -0.39 is 13.0 Å². The number of pyridine rings is 1. The maximum Gasteiger partial charge on any atom is 0.272 e. The Morgan fingerprint density at radius 1 is 1.24 bits per heavy atom. The maximum atomic E-state index is 12.4. The molecule has 114 valence electrons. The highest BCUT2D eigenvalue weighted by Gasteiger charge is 2.13. The van der Waals surface area contributed by atoms with Crippen molar-refractivity contribution in [2.45, 2.75) is 39.3 Å². The third-order valence-electron chi connectivity index (χ3n) is 2.90. The van der Waals surface area contributed by atoms with Gasteiger partial charge in [-0.3, -0.25) is 0 Å². The lowest BCUT2D eigenvalue weighted by Gasteiger charge is -2.20. The number of alkyl halides is 2. The van der Waals surface area contributed by atoms with Gasteiger partial charge in [0.1, 0.15) is 0 Å². The number of rotatable bonds is 5. The van der Waals surface area contributed by atoms with E-state index in [0.717, 1.165) is 16.5 Å². The first-order valence-corrected chi connectivity index (χ1v) is 6.90. The molecular formula is C16H20F2N2O. The molecule has 2 aromatic rings. The molecule has 3 nitrogen and oxygen atoms in total. The van der Waals surface area contributed by atoms with E-state index in [0.29, 0.717) is 6.54 Å². The number of aromatic nitrogens is 1. The number of fused-ring (bicyclic) bond motifs is 1. The van der Waals surface area contributed by atoms with Crippen LogP contribution in [0.15, 0.2) is 30.3 Å². The summed E-state index contributed by atoms with van der Waals surface area (Å²) in [7, 11) is 0. The van der Waals surface area contributed by atoms with E-state index in [1.54, 1.807) is 0 Å². The summed E-state index contributed by atoms with van der Waals surface area (Å²) in [6.45, 7) is 6.08. The van der Waals surface area contributed by atoms with Crippen molar-refractivity contribution in [2.75, 3.05) is 6.61 Å². The Kier molecular flexibility index (Phi) is 4.73. The third kappa shape index (κ3) is 4.63. The lowest BCUT2D eigenvalue weighted by Crippen LogP contribution is -2.35. The number of nitrogens with one attached hydrogen (secondary N) is 1. The zero-order chi connectivity index (χ0) is 15.5. The SMILES string of the molecule is CC(C)(C)NCc1cc2ccccc2c(OCC(F)F)n1. The number of benzene rings is 1. The first-order chi connectivity index (χ1) is 9.85. The summed E-state index contributed by atoms with van der Waals surface area (Å²) >= 11 is 0. The summed E-state index contributed by atoms with van der Waals surface area (Å²) in [5, 5.41) is 5.01. The highest BCUT2D eigenvalue weighted by atomic mass is 19.3. The highest BCUT2D eigenvalue weighted by Crippen LogP contribution is 2.25. The van der Waals surface area contributed by atoms with Gasteiger partial charge in [-0.2, -0.15) is 0 Å². The van der Waals surface area contributed by atoms with Gasteiger partial charge in [-0.05, 0) is 38.3 Å². The molecule has 5 heteroatoms. The highest BCUT2D eigenvalue weighted by molar-refractivity contribution is 5.87. The Balaban J connectivity index is 2.30. The quantitative estimate of drug-likeness (QED) is 0.911. The molecule has 0 unspecified atom stereocenters. The van der Waals surface area contributed by atoms with Crippen LogP contribution in [0.3, 0.4) is 0 Å². The van der Waals surface area contributed by atoms with Crippen LogP contribution in [0.5, 0.6) is 5.88 Å². The van der Waals surface area contributed by atoms with Crippen molar-refractivity contribution in [3.63, 3.8) is 0 Å². The molecule has 0 fully saturated rings. The van der Waals surface area contributed by atoms with Crippen LogP contribution < -0.4 is 10.1 Å². The molecule has 0 saturated heterocycles. The Morgan fingerprint density at radius 2 is 1.95 bits per heavy atom. The van der Waals surface area contributed by atoms with Crippen molar-refractivity contribution >= 4 is 10.8 Å². The second-order valence-electron chi connectivity index (χ2n) is 5.95. The maximum absolute atomic E-state index is 12.4. The van der Waals surface area contributed by atoms with Gasteiger partial charge in [0.05, 0.1) is 5.69 Å². The van der Waals surface area contributed by atoms with Crippen LogP contribution in [0.4, 0.5) is 8.78 Å². The molecule has 0 aliphatic rings. The fraction of sp³-hybridized carbons (Fsp3) is 0.438. The summed E-state index contributed by atoms with van der Waals surface area (Å²) in [5.41, 5.74) is 0.727. The Bertz CT molecular complexity index is 609. The normalized spacial score (nSPS) is 12.1. The second kappa shape index (κ2) is 6.35. The molecule has 1 N–H and O–H groups in total. The number of ether oxygens (including phenoxy) is 1. The van der Waals surface area contributed by atoms with Crippen LogP contribution in [0, 0.1) is 0 Å². The van der Waals surface area contributed by atoms with Gasteiger partial charge in [-0.25, -0.2) is 13.8 Å². The summed E-state index contributed by atoms with van der Waals surface area (Å²) in [5.74, 6) is 0.263. The number of hydrogen-bond donors (Lipinski definition) is 1. The van der Waals surface area contributed by atoms with Crippen molar-refractivity contribution in [3.05, 3.63) is 36.0 Å². The van der Waals surface area contributed by atoms with Gasteiger partial charge >= 0.3 is 0 Å². The zero-order valence-electron chi connectivity index (χ0n) is 12.5. The lowest BCUT2D eigenvalue weighted by molar-refractivity contribution is 0.0803. The van der Waals surface area contributed by atoms with Crippen molar-refractivity contribution in [1.82, 2.24) is 10.3 Å². The molecule has 0 bridgehead atoms. The van der Waals surface area contributed by atoms with Crippen LogP contribution in [-0.4, -0.2) is 23.6 Å². The average molecular weight is 294 g/mol. The predicted octanol–water partition coefficient (Wildman–Crippen LogP) is 3.77. The van der Waals surface area contributed by atoms with E-state index in [-0.39, 0.29) is 11.4 Å². The predicted molar refractivity (Wildman–Crippen MR) is 79.8 cm³/mol. The molecule has 0 atom stereocenters. The van der Waals surface area contributed by atoms with Crippen molar-refractivity contribution < 1.29 is 13.5 Å². The van der Waals surface area contributed by atoms with E-state index in [4.69, 9.17) is 4.74 Å². The van der Waals surface area contributed by atoms with Crippen molar-refractivity contribution in [3.8, 4) is 5.88 Å². The number of nitrogens with zero attached hydrogens (tertiary/aromatic N) is 1. The van der Waals surface area contributed by atoms with Crippen molar-refractivity contribution in [2.24, 2.45) is 0 Å². The second-order valence-corrected chi connectivity index (χ2v) is 5.95. The zero-order valence-corrected chi connectivity index (χ0v) is 12.5. The van der Waals surface area contributed by atoms with Crippen LogP contribution in [0.2, 0.25) is 0 Å². The minimum atomic E-state index is -2.51. The molecule has 0 aliphatic heterocycles. The largest absolute Gasteiger partial charge is 0.471 e. The van der Waals surface area contributed by atoms with Crippen LogP contribution in [0.25, 0.3) is 10.8 Å². The molecule has 2 rings (SSSR count). The van der Waals surface area contributed by atoms with Gasteiger partial charge in [-0.15, -0.1) is 0 Å². The van der Waals surface area contributed by atoms with Crippen LogP contribution in [-0.2, 0) is 6.54 Å². The Hall–Kier alpha value is -1.75. The van der Waals surface area contributed by atoms with Gasteiger partial charge in [0.25, 0.3) is 6.43 Å². The lowest BCUT2D eigenvalue weighted by atomic mass is 10.1. The number of halogens is 2. The monoisotopic (exact) mass is 294 g/mol. The fourth-order valence-corrected chi connectivity index (χ4v) is 1.92. The number of hydrogen-bond acceptors (Lipinski definition) is 3. The fourth-order valence-electron chi connectivity index (χ4n) is 1.92. The van der Waals surface area contributed by atoms with Gasteiger partial charge in [0.15, 0.2) is 6.61 Å². The van der Waals surface area contributed by atoms with Gasteiger partial charge in [-0.1, -0.05) is 18.2 Å². The van der Waals surface area contributed by atoms with E-state index in [1.807, 2.05) is 30.3 Å². The molecule has 1 aromatic carbocycles. The van der Waals surface area contributed by atoms with E-state index in [1.165, 1.54) is 0 Å².